The summed E-state index contributed by atoms with van der Waals surface area (Å²) in [6.45, 7) is 8.79. The summed E-state index contributed by atoms with van der Waals surface area (Å²) in [7, 11) is 1.79. The molecule has 4 heteroatoms. The Morgan fingerprint density at radius 3 is 1.95 bits per heavy atom. The van der Waals surface area contributed by atoms with Gasteiger partial charge < -0.3 is 22.8 Å². The quantitative estimate of drug-likeness (QED) is 0.571. The molecule has 0 radical (unpaired) electrons. The van der Waals surface area contributed by atoms with Crippen molar-refractivity contribution in [1.29, 1.82) is 0 Å². The van der Waals surface area contributed by atoms with Crippen molar-refractivity contribution in [2.45, 2.75) is 59.0 Å². The van der Waals surface area contributed by atoms with E-state index >= 15 is 0 Å². The van der Waals surface area contributed by atoms with Crippen molar-refractivity contribution in [3.05, 3.63) is 18.1 Å². The summed E-state index contributed by atoms with van der Waals surface area (Å²) in [6.07, 6.45) is 7.30. The first kappa shape index (κ1) is 25.1. The van der Waals surface area contributed by atoms with Crippen molar-refractivity contribution in [2.75, 3.05) is 26.8 Å². The predicted octanol–water partition coefficient (Wildman–Crippen LogP) is 4.78. The van der Waals surface area contributed by atoms with Gasteiger partial charge in [0.15, 0.2) is 0 Å². The standard InChI is InChI=1S/C8H16O.C6H14N2.CH3.La/c1-9-7-6-8-4-2-3-5-8;1-4-7-6(3)8-5-2;;/h8H,2-7H2,1H3;6H,4-5H2,1-3H3;1H3;/q;-2;-1;+3. The smallest absolute Gasteiger partial charge is 0.678 e. The van der Waals surface area contributed by atoms with Crippen LogP contribution >= 0.6 is 0 Å². The molecule has 1 saturated carbocycles. The number of methoxy groups -OCH3 is 1. The van der Waals surface area contributed by atoms with Gasteiger partial charge in [0.25, 0.3) is 0 Å². The third kappa shape index (κ3) is 17.0. The topological polar surface area (TPSA) is 37.4 Å². The fraction of sp³-hybridized carbons (Fsp3) is 0.933. The van der Waals surface area contributed by atoms with Gasteiger partial charge in [0.2, 0.25) is 0 Å². The Balaban J connectivity index is -0.000000246. The molecule has 0 saturated heterocycles. The Morgan fingerprint density at radius 2 is 1.58 bits per heavy atom. The van der Waals surface area contributed by atoms with Gasteiger partial charge >= 0.3 is 35.6 Å². The maximum atomic E-state index is 5.00. The van der Waals surface area contributed by atoms with Gasteiger partial charge in [-0.3, -0.25) is 0 Å². The molecule has 0 atom stereocenters. The van der Waals surface area contributed by atoms with Crippen molar-refractivity contribution < 1.29 is 40.3 Å². The summed E-state index contributed by atoms with van der Waals surface area (Å²) >= 11 is 0. The molecule has 1 aliphatic rings. The van der Waals surface area contributed by atoms with Crippen LogP contribution in [-0.4, -0.2) is 33.0 Å². The molecule has 0 amide bonds. The van der Waals surface area contributed by atoms with Gasteiger partial charge in [-0.25, -0.2) is 6.17 Å². The second-order valence-corrected chi connectivity index (χ2v) is 4.56. The Bertz CT molecular complexity index is 147. The molecular formula is C15H33LaN2O. The normalized spacial score (nSPS) is 14.4. The van der Waals surface area contributed by atoms with Gasteiger partial charge in [0, 0.05) is 13.7 Å². The zero-order chi connectivity index (χ0) is 12.9. The van der Waals surface area contributed by atoms with E-state index < -0.39 is 0 Å². The molecule has 19 heavy (non-hydrogen) atoms. The zero-order valence-electron chi connectivity index (χ0n) is 13.7. The predicted molar refractivity (Wildman–Crippen MR) is 82.1 cm³/mol. The van der Waals surface area contributed by atoms with Gasteiger partial charge in [-0.1, -0.05) is 39.5 Å². The minimum Gasteiger partial charge on any atom is -0.678 e. The summed E-state index contributed by atoms with van der Waals surface area (Å²) in [5, 5.41) is 8.30. The molecule has 0 spiro atoms. The van der Waals surface area contributed by atoms with Gasteiger partial charge in [0.1, 0.15) is 0 Å². The molecule has 1 fully saturated rings. The van der Waals surface area contributed by atoms with Crippen LogP contribution in [0, 0.1) is 48.9 Å². The summed E-state index contributed by atoms with van der Waals surface area (Å²) in [5.74, 6) is 0.991. The average Bonchev–Trinajstić information content (AvgIpc) is 2.81. The van der Waals surface area contributed by atoms with E-state index in [0.29, 0.717) is 0 Å². The first-order chi connectivity index (χ1) is 8.24. The number of rotatable bonds is 7. The largest absolute Gasteiger partial charge is 3.00 e. The molecule has 0 aromatic heterocycles. The molecule has 3 nitrogen and oxygen atoms in total. The Labute approximate surface area is 149 Å². The van der Waals surface area contributed by atoms with Crippen LogP contribution in [0.4, 0.5) is 0 Å². The first-order valence-corrected chi connectivity index (χ1v) is 7.06. The number of hydrogen-bond acceptors (Lipinski definition) is 1. The van der Waals surface area contributed by atoms with Crippen LogP contribution in [0.2, 0.25) is 0 Å². The number of hydrogen-bond donors (Lipinski definition) is 0. The SMILES string of the molecule is CC[N-]C(C)[N-]CC.COCCC1CCCC1.[CH3-].[La+3]. The molecule has 0 bridgehead atoms. The molecular weight excluding hydrogens is 363 g/mol. The van der Waals surface area contributed by atoms with Crippen molar-refractivity contribution in [3.63, 3.8) is 0 Å². The molecule has 0 aromatic carbocycles. The Kier molecular flexibility index (Phi) is 25.2. The fourth-order valence-electron chi connectivity index (χ4n) is 2.17. The number of ether oxygens (including phenoxy) is 1. The summed E-state index contributed by atoms with van der Waals surface area (Å²) < 4.78 is 5.00. The van der Waals surface area contributed by atoms with Crippen molar-refractivity contribution in [3.8, 4) is 0 Å². The summed E-state index contributed by atoms with van der Waals surface area (Å²) in [6, 6.07) is 0. The van der Waals surface area contributed by atoms with Crippen LogP contribution in [0.1, 0.15) is 52.9 Å². The van der Waals surface area contributed by atoms with E-state index in [9.17, 15) is 0 Å². The van der Waals surface area contributed by atoms with Crippen LogP contribution < -0.4 is 0 Å². The van der Waals surface area contributed by atoms with Crippen LogP contribution in [0.15, 0.2) is 0 Å². The van der Waals surface area contributed by atoms with Crippen LogP contribution in [0.3, 0.4) is 0 Å². The molecule has 0 N–H and O–H groups in total. The van der Waals surface area contributed by atoms with Gasteiger partial charge in [0.05, 0.1) is 0 Å². The minimum absolute atomic E-state index is 0. The molecule has 1 rings (SSSR count). The fourth-order valence-corrected chi connectivity index (χ4v) is 2.17. The summed E-state index contributed by atoms with van der Waals surface area (Å²) in [4.78, 5) is 0. The van der Waals surface area contributed by atoms with E-state index in [1.807, 2.05) is 20.8 Å². The molecule has 0 aromatic rings. The van der Waals surface area contributed by atoms with Crippen molar-refractivity contribution in [2.24, 2.45) is 5.92 Å². The van der Waals surface area contributed by atoms with E-state index in [2.05, 4.69) is 10.6 Å². The monoisotopic (exact) mass is 396 g/mol. The van der Waals surface area contributed by atoms with Gasteiger partial charge in [-0.2, -0.15) is 13.1 Å². The molecule has 0 heterocycles. The maximum absolute atomic E-state index is 5.00. The van der Waals surface area contributed by atoms with E-state index in [-0.39, 0.29) is 49.2 Å². The first-order valence-electron chi connectivity index (χ1n) is 7.06. The second kappa shape index (κ2) is 19.1. The molecule has 1 aliphatic carbocycles. The third-order valence-electron chi connectivity index (χ3n) is 3.10. The maximum Gasteiger partial charge on any atom is 3.00 e. The Morgan fingerprint density at radius 1 is 1.11 bits per heavy atom. The van der Waals surface area contributed by atoms with Gasteiger partial charge in [-0.15, -0.1) is 6.92 Å². The van der Waals surface area contributed by atoms with Crippen LogP contribution in [0.5, 0.6) is 0 Å². The van der Waals surface area contributed by atoms with Crippen LogP contribution in [0.25, 0.3) is 10.6 Å². The minimum atomic E-state index is 0. The summed E-state index contributed by atoms with van der Waals surface area (Å²) in [5.41, 5.74) is 0. The van der Waals surface area contributed by atoms with Crippen molar-refractivity contribution >= 4 is 0 Å². The zero-order valence-corrected chi connectivity index (χ0v) is 17.3. The second-order valence-electron chi connectivity index (χ2n) is 4.56. The average molecular weight is 396 g/mol. The molecule has 112 valence electrons. The van der Waals surface area contributed by atoms with Crippen molar-refractivity contribution in [1.82, 2.24) is 0 Å². The van der Waals surface area contributed by atoms with E-state index in [1.165, 1.54) is 32.1 Å². The van der Waals surface area contributed by atoms with Crippen LogP contribution in [-0.2, 0) is 4.74 Å². The third-order valence-corrected chi connectivity index (χ3v) is 3.10. The molecule has 0 unspecified atom stereocenters. The van der Waals surface area contributed by atoms with Gasteiger partial charge in [-0.05, 0) is 12.3 Å². The molecule has 0 aliphatic heterocycles. The van der Waals surface area contributed by atoms with E-state index in [4.69, 9.17) is 4.74 Å². The Hall–Kier alpha value is 1.07. The van der Waals surface area contributed by atoms with E-state index in [0.717, 1.165) is 25.6 Å². The number of nitrogens with zero attached hydrogens (tertiary/aromatic N) is 2. The van der Waals surface area contributed by atoms with E-state index in [1.54, 1.807) is 7.11 Å².